The van der Waals surface area contributed by atoms with Gasteiger partial charge in [0.05, 0.1) is 6.26 Å². The normalized spacial score (nSPS) is 32.0. The number of furan rings is 1. The van der Waals surface area contributed by atoms with Crippen LogP contribution < -0.4 is 0 Å². The van der Waals surface area contributed by atoms with E-state index in [0.717, 1.165) is 24.2 Å². The van der Waals surface area contributed by atoms with Gasteiger partial charge in [0.15, 0.2) is 5.78 Å². The predicted octanol–water partition coefficient (Wildman–Crippen LogP) is 3.44. The standard InChI is InChI=1S/C14H16O2/c15-14-11(9-12-5-3-7-16-12)8-10-4-1-2-6-13(10)14/h3,5,7,9-10,13H,1-2,4,6,8H2/b11-9+. The van der Waals surface area contributed by atoms with Gasteiger partial charge in [-0.15, -0.1) is 0 Å². The average molecular weight is 216 g/mol. The van der Waals surface area contributed by atoms with Crippen molar-refractivity contribution in [1.82, 2.24) is 0 Å². The van der Waals surface area contributed by atoms with Crippen LogP contribution in [0.5, 0.6) is 0 Å². The monoisotopic (exact) mass is 216 g/mol. The summed E-state index contributed by atoms with van der Waals surface area (Å²) in [6, 6.07) is 3.77. The lowest BCUT2D eigenvalue weighted by atomic mass is 9.81. The molecule has 2 nitrogen and oxygen atoms in total. The van der Waals surface area contributed by atoms with Gasteiger partial charge in [-0.3, -0.25) is 4.79 Å². The van der Waals surface area contributed by atoms with Crippen LogP contribution in [-0.2, 0) is 4.79 Å². The van der Waals surface area contributed by atoms with E-state index < -0.39 is 0 Å². The van der Waals surface area contributed by atoms with Gasteiger partial charge in [-0.25, -0.2) is 0 Å². The molecule has 1 aromatic heterocycles. The molecule has 0 radical (unpaired) electrons. The lowest BCUT2D eigenvalue weighted by molar-refractivity contribution is -0.119. The highest BCUT2D eigenvalue weighted by Gasteiger charge is 2.39. The van der Waals surface area contributed by atoms with Crippen molar-refractivity contribution in [3.63, 3.8) is 0 Å². The lowest BCUT2D eigenvalue weighted by Crippen LogP contribution is -2.18. The van der Waals surface area contributed by atoms with Crippen LogP contribution in [0.25, 0.3) is 6.08 Å². The van der Waals surface area contributed by atoms with Gasteiger partial charge in [-0.05, 0) is 49.0 Å². The summed E-state index contributed by atoms with van der Waals surface area (Å²) in [4.78, 5) is 12.2. The number of fused-ring (bicyclic) bond motifs is 1. The summed E-state index contributed by atoms with van der Waals surface area (Å²) < 4.78 is 5.27. The van der Waals surface area contributed by atoms with E-state index >= 15 is 0 Å². The van der Waals surface area contributed by atoms with Crippen LogP contribution in [0.15, 0.2) is 28.4 Å². The molecule has 0 aromatic carbocycles. The van der Waals surface area contributed by atoms with E-state index in [4.69, 9.17) is 4.42 Å². The molecule has 0 N–H and O–H groups in total. The zero-order valence-corrected chi connectivity index (χ0v) is 9.32. The van der Waals surface area contributed by atoms with Crippen molar-refractivity contribution in [1.29, 1.82) is 0 Å². The molecule has 0 bridgehead atoms. The number of carbonyl (C=O) groups is 1. The van der Waals surface area contributed by atoms with E-state index in [2.05, 4.69) is 0 Å². The van der Waals surface area contributed by atoms with Gasteiger partial charge in [0.2, 0.25) is 0 Å². The largest absolute Gasteiger partial charge is 0.465 e. The molecule has 2 fully saturated rings. The maximum Gasteiger partial charge on any atom is 0.162 e. The van der Waals surface area contributed by atoms with Crippen molar-refractivity contribution in [2.45, 2.75) is 32.1 Å². The Morgan fingerprint density at radius 1 is 1.31 bits per heavy atom. The van der Waals surface area contributed by atoms with Crippen molar-refractivity contribution in [3.05, 3.63) is 29.7 Å². The smallest absolute Gasteiger partial charge is 0.162 e. The van der Waals surface area contributed by atoms with Gasteiger partial charge in [0.25, 0.3) is 0 Å². The Labute approximate surface area is 95.3 Å². The van der Waals surface area contributed by atoms with Gasteiger partial charge >= 0.3 is 0 Å². The second kappa shape index (κ2) is 3.93. The molecule has 3 rings (SSSR count). The van der Waals surface area contributed by atoms with Crippen LogP contribution in [0.2, 0.25) is 0 Å². The predicted molar refractivity (Wildman–Crippen MR) is 61.8 cm³/mol. The molecule has 2 atom stereocenters. The van der Waals surface area contributed by atoms with Crippen LogP contribution in [-0.4, -0.2) is 5.78 Å². The summed E-state index contributed by atoms with van der Waals surface area (Å²) in [5.41, 5.74) is 0.979. The maximum atomic E-state index is 12.2. The summed E-state index contributed by atoms with van der Waals surface area (Å²) in [7, 11) is 0. The number of rotatable bonds is 1. The van der Waals surface area contributed by atoms with Crippen LogP contribution in [0.1, 0.15) is 37.9 Å². The van der Waals surface area contributed by atoms with Crippen molar-refractivity contribution in [3.8, 4) is 0 Å². The number of allylic oxidation sites excluding steroid dienone is 1. The number of hydrogen-bond acceptors (Lipinski definition) is 2. The third kappa shape index (κ3) is 1.62. The molecule has 2 saturated carbocycles. The molecule has 0 aliphatic heterocycles. The SMILES string of the molecule is O=C1/C(=C/c2ccco2)CC2CCCCC12. The lowest BCUT2D eigenvalue weighted by Gasteiger charge is -2.22. The summed E-state index contributed by atoms with van der Waals surface area (Å²) in [5, 5.41) is 0. The first-order valence-electron chi connectivity index (χ1n) is 6.13. The molecule has 0 saturated heterocycles. The molecule has 2 unspecified atom stereocenters. The molecule has 2 aliphatic carbocycles. The van der Waals surface area contributed by atoms with Crippen LogP contribution >= 0.6 is 0 Å². The Bertz CT molecular complexity index is 414. The molecule has 0 amide bonds. The van der Waals surface area contributed by atoms with Crippen molar-refractivity contribution >= 4 is 11.9 Å². The molecule has 2 heteroatoms. The molecule has 84 valence electrons. The Hall–Kier alpha value is -1.31. The highest BCUT2D eigenvalue weighted by Crippen LogP contribution is 2.42. The highest BCUT2D eigenvalue weighted by molar-refractivity contribution is 6.03. The maximum absolute atomic E-state index is 12.2. The minimum atomic E-state index is 0.315. The first-order chi connectivity index (χ1) is 7.84. The van der Waals surface area contributed by atoms with Crippen LogP contribution in [0.3, 0.4) is 0 Å². The number of Topliss-reactive ketones (excluding diaryl/α,β-unsaturated/α-hetero) is 1. The average Bonchev–Trinajstić information content (AvgIpc) is 2.90. The van der Waals surface area contributed by atoms with E-state index in [0.29, 0.717) is 17.6 Å². The first kappa shape index (κ1) is 9.88. The van der Waals surface area contributed by atoms with Crippen molar-refractivity contribution < 1.29 is 9.21 Å². The topological polar surface area (TPSA) is 30.2 Å². The summed E-state index contributed by atoms with van der Waals surface area (Å²) in [6.45, 7) is 0. The first-order valence-corrected chi connectivity index (χ1v) is 6.13. The van der Waals surface area contributed by atoms with Gasteiger partial charge in [0.1, 0.15) is 5.76 Å². The Kier molecular flexibility index (Phi) is 2.43. The fourth-order valence-corrected chi connectivity index (χ4v) is 3.09. The second-order valence-electron chi connectivity index (χ2n) is 4.90. The quantitative estimate of drug-likeness (QED) is 0.673. The Balaban J connectivity index is 1.85. The minimum Gasteiger partial charge on any atom is -0.465 e. The number of ketones is 1. The summed E-state index contributed by atoms with van der Waals surface area (Å²) in [6.07, 6.45) is 9.39. The molecule has 16 heavy (non-hydrogen) atoms. The van der Waals surface area contributed by atoms with E-state index in [1.54, 1.807) is 6.26 Å². The number of carbonyl (C=O) groups excluding carboxylic acids is 1. The molecular formula is C14H16O2. The Morgan fingerprint density at radius 2 is 2.19 bits per heavy atom. The highest BCUT2D eigenvalue weighted by atomic mass is 16.3. The molecular weight excluding hydrogens is 200 g/mol. The minimum absolute atomic E-state index is 0.315. The van der Waals surface area contributed by atoms with Gasteiger partial charge in [-0.2, -0.15) is 0 Å². The third-order valence-corrected chi connectivity index (χ3v) is 3.90. The summed E-state index contributed by atoms with van der Waals surface area (Å²) in [5.74, 6) is 2.11. The zero-order valence-electron chi connectivity index (χ0n) is 9.32. The molecule has 1 aromatic rings. The van der Waals surface area contributed by atoms with E-state index in [-0.39, 0.29) is 0 Å². The van der Waals surface area contributed by atoms with Gasteiger partial charge in [0, 0.05) is 5.92 Å². The fraction of sp³-hybridized carbons (Fsp3) is 0.500. The van der Waals surface area contributed by atoms with E-state index in [1.165, 1.54) is 19.3 Å². The molecule has 0 spiro atoms. The van der Waals surface area contributed by atoms with E-state index in [1.807, 2.05) is 18.2 Å². The van der Waals surface area contributed by atoms with E-state index in [9.17, 15) is 4.79 Å². The number of hydrogen-bond donors (Lipinski definition) is 0. The fourth-order valence-electron chi connectivity index (χ4n) is 3.09. The molecule has 1 heterocycles. The molecule has 2 aliphatic rings. The van der Waals surface area contributed by atoms with Gasteiger partial charge in [-0.1, -0.05) is 12.8 Å². The zero-order chi connectivity index (χ0) is 11.0. The third-order valence-electron chi connectivity index (χ3n) is 3.90. The Morgan fingerprint density at radius 3 is 2.94 bits per heavy atom. The summed E-state index contributed by atoms with van der Waals surface area (Å²) >= 11 is 0. The van der Waals surface area contributed by atoms with Crippen LogP contribution in [0.4, 0.5) is 0 Å². The van der Waals surface area contributed by atoms with Gasteiger partial charge < -0.3 is 4.42 Å². The van der Waals surface area contributed by atoms with Crippen LogP contribution in [0, 0.1) is 11.8 Å². The second-order valence-corrected chi connectivity index (χ2v) is 4.90. The van der Waals surface area contributed by atoms with Crippen molar-refractivity contribution in [2.75, 3.05) is 0 Å². The van der Waals surface area contributed by atoms with Crippen molar-refractivity contribution in [2.24, 2.45) is 11.8 Å².